The van der Waals surface area contributed by atoms with Gasteiger partial charge in [-0.2, -0.15) is 0 Å². The molecule has 6 heteroatoms. The molecule has 0 radical (unpaired) electrons. The molecular formula is C21H25N3O2S. The maximum absolute atomic E-state index is 5.70. The number of ether oxygens (including phenoxy) is 2. The SMILES string of the molecule is CCNC(=S)NCC(c1cccc(OC)c1OC)c1c[nH]c2ccccc12. The van der Waals surface area contributed by atoms with E-state index in [1.807, 2.05) is 25.1 Å². The van der Waals surface area contributed by atoms with E-state index in [-0.39, 0.29) is 5.92 Å². The molecule has 3 aromatic rings. The van der Waals surface area contributed by atoms with Gasteiger partial charge in [-0.15, -0.1) is 0 Å². The molecule has 0 spiro atoms. The van der Waals surface area contributed by atoms with Crippen molar-refractivity contribution in [1.82, 2.24) is 15.6 Å². The summed E-state index contributed by atoms with van der Waals surface area (Å²) in [5, 5.41) is 8.30. The normalized spacial score (nSPS) is 11.8. The Labute approximate surface area is 165 Å². The Bertz CT molecular complexity index is 923. The molecule has 27 heavy (non-hydrogen) atoms. The molecule has 0 saturated carbocycles. The van der Waals surface area contributed by atoms with Crippen molar-refractivity contribution in [1.29, 1.82) is 0 Å². The molecule has 2 aromatic carbocycles. The van der Waals surface area contributed by atoms with Gasteiger partial charge in [-0.1, -0.05) is 30.3 Å². The van der Waals surface area contributed by atoms with Crippen LogP contribution in [-0.4, -0.2) is 37.4 Å². The van der Waals surface area contributed by atoms with Crippen LogP contribution >= 0.6 is 12.2 Å². The number of rotatable bonds is 7. The highest BCUT2D eigenvalue weighted by Gasteiger charge is 2.23. The number of methoxy groups -OCH3 is 2. The average Bonchev–Trinajstić information content (AvgIpc) is 3.12. The van der Waals surface area contributed by atoms with Gasteiger partial charge in [0.2, 0.25) is 0 Å². The molecule has 0 bridgehead atoms. The van der Waals surface area contributed by atoms with Crippen LogP contribution in [0.25, 0.3) is 10.9 Å². The van der Waals surface area contributed by atoms with Gasteiger partial charge in [0.05, 0.1) is 14.2 Å². The molecule has 0 amide bonds. The lowest BCUT2D eigenvalue weighted by molar-refractivity contribution is 0.350. The first-order valence-corrected chi connectivity index (χ1v) is 9.39. The number of aromatic amines is 1. The summed E-state index contributed by atoms with van der Waals surface area (Å²) in [4.78, 5) is 3.37. The van der Waals surface area contributed by atoms with Crippen LogP contribution in [0, 0.1) is 0 Å². The van der Waals surface area contributed by atoms with Gasteiger partial charge < -0.3 is 25.1 Å². The molecule has 0 aliphatic rings. The van der Waals surface area contributed by atoms with E-state index in [4.69, 9.17) is 21.7 Å². The predicted molar refractivity (Wildman–Crippen MR) is 114 cm³/mol. The van der Waals surface area contributed by atoms with Gasteiger partial charge in [0, 0.05) is 41.7 Å². The number of hydrogen-bond donors (Lipinski definition) is 3. The first kappa shape index (κ1) is 19.0. The van der Waals surface area contributed by atoms with Crippen molar-refractivity contribution >= 4 is 28.2 Å². The maximum atomic E-state index is 5.70. The van der Waals surface area contributed by atoms with Crippen LogP contribution < -0.4 is 20.1 Å². The zero-order chi connectivity index (χ0) is 19.2. The van der Waals surface area contributed by atoms with Crippen molar-refractivity contribution < 1.29 is 9.47 Å². The molecule has 0 aliphatic heterocycles. The van der Waals surface area contributed by atoms with Crippen LogP contribution in [-0.2, 0) is 0 Å². The number of para-hydroxylation sites is 2. The smallest absolute Gasteiger partial charge is 0.166 e. The minimum absolute atomic E-state index is 0.0304. The Morgan fingerprint density at radius 3 is 2.59 bits per heavy atom. The molecule has 0 saturated heterocycles. The minimum atomic E-state index is 0.0304. The molecule has 0 fully saturated rings. The molecular weight excluding hydrogens is 358 g/mol. The fraction of sp³-hybridized carbons (Fsp3) is 0.286. The van der Waals surface area contributed by atoms with Crippen molar-refractivity contribution in [3.63, 3.8) is 0 Å². The molecule has 142 valence electrons. The minimum Gasteiger partial charge on any atom is -0.493 e. The molecule has 1 heterocycles. The van der Waals surface area contributed by atoms with Gasteiger partial charge in [0.25, 0.3) is 0 Å². The first-order valence-electron chi connectivity index (χ1n) is 8.98. The third-order valence-corrected chi connectivity index (χ3v) is 4.90. The van der Waals surface area contributed by atoms with Crippen molar-refractivity contribution in [2.24, 2.45) is 0 Å². The van der Waals surface area contributed by atoms with E-state index in [9.17, 15) is 0 Å². The lowest BCUT2D eigenvalue weighted by Gasteiger charge is -2.22. The van der Waals surface area contributed by atoms with Gasteiger partial charge in [-0.3, -0.25) is 0 Å². The maximum Gasteiger partial charge on any atom is 0.166 e. The van der Waals surface area contributed by atoms with Crippen molar-refractivity contribution in [3.05, 3.63) is 59.8 Å². The van der Waals surface area contributed by atoms with E-state index in [1.54, 1.807) is 14.2 Å². The second-order valence-electron chi connectivity index (χ2n) is 6.17. The Morgan fingerprint density at radius 2 is 1.85 bits per heavy atom. The van der Waals surface area contributed by atoms with Crippen LogP contribution in [0.15, 0.2) is 48.7 Å². The van der Waals surface area contributed by atoms with E-state index in [0.29, 0.717) is 17.4 Å². The summed E-state index contributed by atoms with van der Waals surface area (Å²) in [6, 6.07) is 14.3. The van der Waals surface area contributed by atoms with Crippen molar-refractivity contribution in [2.45, 2.75) is 12.8 Å². The quantitative estimate of drug-likeness (QED) is 0.542. The van der Waals surface area contributed by atoms with Gasteiger partial charge in [-0.05, 0) is 36.8 Å². The summed E-state index contributed by atoms with van der Waals surface area (Å²) in [5.41, 5.74) is 3.34. The number of fused-ring (bicyclic) bond motifs is 1. The predicted octanol–water partition coefficient (Wildman–Crippen LogP) is 3.80. The van der Waals surface area contributed by atoms with E-state index in [0.717, 1.165) is 23.4 Å². The Kier molecular flexibility index (Phi) is 6.19. The monoisotopic (exact) mass is 383 g/mol. The van der Waals surface area contributed by atoms with Crippen LogP contribution in [0.1, 0.15) is 24.0 Å². The standard InChI is InChI=1S/C21H25N3O2S/c1-4-22-21(27)24-13-17(15-9-7-11-19(25-2)20(15)26-3)16-12-23-18-10-6-5-8-14(16)18/h5-12,17,23H,4,13H2,1-3H3,(H2,22,24,27). The van der Waals surface area contributed by atoms with Crippen LogP contribution in [0.4, 0.5) is 0 Å². The average molecular weight is 384 g/mol. The lowest BCUT2D eigenvalue weighted by atomic mass is 9.90. The fourth-order valence-corrected chi connectivity index (χ4v) is 3.60. The molecule has 3 rings (SSSR count). The number of hydrogen-bond acceptors (Lipinski definition) is 3. The van der Waals surface area contributed by atoms with Crippen LogP contribution in [0.2, 0.25) is 0 Å². The summed E-state index contributed by atoms with van der Waals surface area (Å²) >= 11 is 5.37. The topological polar surface area (TPSA) is 58.3 Å². The molecule has 5 nitrogen and oxygen atoms in total. The molecule has 3 N–H and O–H groups in total. The number of H-pyrrole nitrogens is 1. The second-order valence-corrected chi connectivity index (χ2v) is 6.57. The largest absolute Gasteiger partial charge is 0.493 e. The van der Waals surface area contributed by atoms with Gasteiger partial charge in [0.1, 0.15) is 0 Å². The second kappa shape index (κ2) is 8.77. The highest BCUT2D eigenvalue weighted by molar-refractivity contribution is 7.80. The van der Waals surface area contributed by atoms with Crippen LogP contribution in [0.3, 0.4) is 0 Å². The third kappa shape index (κ3) is 4.01. The van der Waals surface area contributed by atoms with Gasteiger partial charge in [-0.25, -0.2) is 0 Å². The zero-order valence-electron chi connectivity index (χ0n) is 15.8. The Hall–Kier alpha value is -2.73. The number of aromatic nitrogens is 1. The summed E-state index contributed by atoms with van der Waals surface area (Å²) < 4.78 is 11.2. The van der Waals surface area contributed by atoms with Gasteiger partial charge in [0.15, 0.2) is 16.6 Å². The summed E-state index contributed by atoms with van der Waals surface area (Å²) in [6.45, 7) is 3.44. The third-order valence-electron chi connectivity index (χ3n) is 4.61. The molecule has 1 unspecified atom stereocenters. The van der Waals surface area contributed by atoms with Crippen LogP contribution in [0.5, 0.6) is 11.5 Å². The Morgan fingerprint density at radius 1 is 1.04 bits per heavy atom. The highest BCUT2D eigenvalue weighted by atomic mass is 32.1. The number of nitrogens with one attached hydrogen (secondary N) is 3. The van der Waals surface area contributed by atoms with Gasteiger partial charge >= 0.3 is 0 Å². The van der Waals surface area contributed by atoms with E-state index in [1.165, 1.54) is 10.9 Å². The number of benzene rings is 2. The van der Waals surface area contributed by atoms with E-state index < -0.39 is 0 Å². The van der Waals surface area contributed by atoms with Crippen molar-refractivity contribution in [2.75, 3.05) is 27.3 Å². The molecule has 1 aromatic heterocycles. The molecule has 1 atom stereocenters. The fourth-order valence-electron chi connectivity index (χ4n) is 3.37. The molecule has 0 aliphatic carbocycles. The zero-order valence-corrected chi connectivity index (χ0v) is 16.7. The summed E-state index contributed by atoms with van der Waals surface area (Å²) in [6.07, 6.45) is 2.06. The Balaban J connectivity index is 2.07. The highest BCUT2D eigenvalue weighted by Crippen LogP contribution is 2.40. The van der Waals surface area contributed by atoms with Crippen molar-refractivity contribution in [3.8, 4) is 11.5 Å². The van der Waals surface area contributed by atoms with E-state index in [2.05, 4.69) is 46.1 Å². The number of thiocarbonyl (C=S) groups is 1. The van der Waals surface area contributed by atoms with E-state index >= 15 is 0 Å². The lowest BCUT2D eigenvalue weighted by Crippen LogP contribution is -2.37. The first-order chi connectivity index (χ1) is 13.2. The summed E-state index contributed by atoms with van der Waals surface area (Å²) in [5.74, 6) is 1.49. The summed E-state index contributed by atoms with van der Waals surface area (Å²) in [7, 11) is 3.32.